The highest BCUT2D eigenvalue weighted by Gasteiger charge is 2.40. The van der Waals surface area contributed by atoms with E-state index in [-0.39, 0.29) is 18.1 Å². The molecule has 1 fully saturated rings. The van der Waals surface area contributed by atoms with Gasteiger partial charge < -0.3 is 15.4 Å². The number of carbonyl (C=O) groups excluding carboxylic acids is 1. The van der Waals surface area contributed by atoms with Crippen LogP contribution in [0.1, 0.15) is 34.1 Å². The molecule has 7 heteroatoms. The lowest BCUT2D eigenvalue weighted by molar-refractivity contribution is -0.188. The van der Waals surface area contributed by atoms with Crippen LogP contribution in [0, 0.1) is 0 Å². The lowest BCUT2D eigenvalue weighted by Gasteiger charge is -2.47. The van der Waals surface area contributed by atoms with Crippen LogP contribution in [0.3, 0.4) is 0 Å². The normalized spacial score (nSPS) is 23.4. The second kappa shape index (κ2) is 5.61. The summed E-state index contributed by atoms with van der Waals surface area (Å²) < 4.78 is 28.2. The molecule has 0 aromatic heterocycles. The van der Waals surface area contributed by atoms with E-state index < -0.39 is 27.1 Å². The Morgan fingerprint density at radius 2 is 1.70 bits per heavy atom. The van der Waals surface area contributed by atoms with Crippen molar-refractivity contribution in [1.82, 2.24) is 4.90 Å². The quantitative estimate of drug-likeness (QED) is 0.799. The van der Waals surface area contributed by atoms with Gasteiger partial charge in [0.2, 0.25) is 5.91 Å². The number of rotatable bonds is 4. The van der Waals surface area contributed by atoms with E-state index >= 15 is 0 Å². The van der Waals surface area contributed by atoms with Gasteiger partial charge in [-0.15, -0.1) is 0 Å². The lowest BCUT2D eigenvalue weighted by Crippen LogP contribution is -2.61. The smallest absolute Gasteiger partial charge is 0.239 e. The maximum Gasteiger partial charge on any atom is 0.239 e. The van der Waals surface area contributed by atoms with E-state index in [0.29, 0.717) is 13.1 Å². The highest BCUT2D eigenvalue weighted by atomic mass is 32.2. The first-order valence-electron chi connectivity index (χ1n) is 6.74. The van der Waals surface area contributed by atoms with Crippen LogP contribution < -0.4 is 5.73 Å². The Morgan fingerprint density at radius 3 is 2.10 bits per heavy atom. The molecular weight excluding hydrogens is 280 g/mol. The first-order chi connectivity index (χ1) is 8.81. The van der Waals surface area contributed by atoms with Gasteiger partial charge in [-0.1, -0.05) is 0 Å². The van der Waals surface area contributed by atoms with Gasteiger partial charge in [0.1, 0.15) is 9.84 Å². The zero-order chi connectivity index (χ0) is 15.8. The van der Waals surface area contributed by atoms with Crippen molar-refractivity contribution in [3.05, 3.63) is 0 Å². The molecule has 118 valence electrons. The molecule has 1 amide bonds. The Hall–Kier alpha value is -0.660. The summed E-state index contributed by atoms with van der Waals surface area (Å²) in [5.74, 6) is -0.282. The zero-order valence-electron chi connectivity index (χ0n) is 13.0. The third-order valence-electron chi connectivity index (χ3n) is 3.12. The SMILES string of the molecule is CC1(C)CN(C(=O)C(N)CCS(C)(=O)=O)CC(C)(C)O1. The van der Waals surface area contributed by atoms with Crippen LogP contribution in [0.15, 0.2) is 0 Å². The first kappa shape index (κ1) is 17.4. The monoisotopic (exact) mass is 306 g/mol. The number of morpholine rings is 1. The van der Waals surface area contributed by atoms with Gasteiger partial charge in [0, 0.05) is 19.3 Å². The maximum absolute atomic E-state index is 12.3. The lowest BCUT2D eigenvalue weighted by atomic mass is 9.98. The van der Waals surface area contributed by atoms with E-state index in [4.69, 9.17) is 10.5 Å². The molecule has 0 spiro atoms. The summed E-state index contributed by atoms with van der Waals surface area (Å²) in [5.41, 5.74) is 4.96. The highest BCUT2D eigenvalue weighted by molar-refractivity contribution is 7.90. The van der Waals surface area contributed by atoms with Crippen molar-refractivity contribution in [3.63, 3.8) is 0 Å². The second-order valence-corrected chi connectivity index (χ2v) is 9.10. The van der Waals surface area contributed by atoms with Gasteiger partial charge in [-0.3, -0.25) is 4.79 Å². The van der Waals surface area contributed by atoms with Crippen LogP contribution in [0.5, 0.6) is 0 Å². The minimum Gasteiger partial charge on any atom is -0.366 e. The zero-order valence-corrected chi connectivity index (χ0v) is 13.8. The number of amides is 1. The average Bonchev–Trinajstić information content (AvgIpc) is 2.19. The average molecular weight is 306 g/mol. The Balaban J connectivity index is 2.71. The van der Waals surface area contributed by atoms with Crippen LogP contribution >= 0.6 is 0 Å². The molecule has 6 nitrogen and oxygen atoms in total. The van der Waals surface area contributed by atoms with Crippen molar-refractivity contribution in [1.29, 1.82) is 0 Å². The van der Waals surface area contributed by atoms with E-state index in [9.17, 15) is 13.2 Å². The molecule has 20 heavy (non-hydrogen) atoms. The number of nitrogens with two attached hydrogens (primary N) is 1. The molecule has 1 aliphatic heterocycles. The van der Waals surface area contributed by atoms with E-state index in [1.807, 2.05) is 27.7 Å². The third kappa shape index (κ3) is 5.38. The second-order valence-electron chi connectivity index (χ2n) is 6.84. The molecule has 0 aromatic carbocycles. The van der Waals surface area contributed by atoms with Gasteiger partial charge >= 0.3 is 0 Å². The number of sulfone groups is 1. The van der Waals surface area contributed by atoms with E-state index in [0.717, 1.165) is 6.26 Å². The maximum atomic E-state index is 12.3. The highest BCUT2D eigenvalue weighted by Crippen LogP contribution is 2.28. The van der Waals surface area contributed by atoms with Crippen molar-refractivity contribution < 1.29 is 17.9 Å². The van der Waals surface area contributed by atoms with Crippen molar-refractivity contribution in [2.24, 2.45) is 5.73 Å². The first-order valence-corrected chi connectivity index (χ1v) is 8.80. The fourth-order valence-corrected chi connectivity index (χ4v) is 3.32. The fraction of sp³-hybridized carbons (Fsp3) is 0.923. The molecule has 1 rings (SSSR count). The summed E-state index contributed by atoms with van der Waals surface area (Å²) in [6.07, 6.45) is 1.29. The molecule has 1 heterocycles. The molecule has 1 aliphatic rings. The van der Waals surface area contributed by atoms with Crippen LogP contribution in [-0.2, 0) is 19.4 Å². The van der Waals surface area contributed by atoms with E-state index in [2.05, 4.69) is 0 Å². The van der Waals surface area contributed by atoms with Gasteiger partial charge in [-0.2, -0.15) is 0 Å². The molecule has 0 aromatic rings. The molecule has 2 N–H and O–H groups in total. The topological polar surface area (TPSA) is 89.7 Å². The van der Waals surface area contributed by atoms with Crippen molar-refractivity contribution >= 4 is 15.7 Å². The van der Waals surface area contributed by atoms with Gasteiger partial charge in [0.15, 0.2) is 0 Å². The molecule has 0 aliphatic carbocycles. The summed E-state index contributed by atoms with van der Waals surface area (Å²) in [7, 11) is -3.10. The van der Waals surface area contributed by atoms with Crippen molar-refractivity contribution in [2.75, 3.05) is 25.1 Å². The van der Waals surface area contributed by atoms with Gasteiger partial charge in [0.25, 0.3) is 0 Å². The summed E-state index contributed by atoms with van der Waals surface area (Å²) in [6.45, 7) is 8.63. The van der Waals surface area contributed by atoms with Crippen LogP contribution in [0.4, 0.5) is 0 Å². The van der Waals surface area contributed by atoms with Gasteiger partial charge in [-0.25, -0.2) is 8.42 Å². The van der Waals surface area contributed by atoms with Gasteiger partial charge in [-0.05, 0) is 34.1 Å². The molecular formula is C13H26N2O4S. The summed E-state index contributed by atoms with van der Waals surface area (Å²) in [4.78, 5) is 14.0. The Labute approximate surface area is 121 Å². The number of nitrogens with zero attached hydrogens (tertiary/aromatic N) is 1. The summed E-state index contributed by atoms with van der Waals surface area (Å²) in [6, 6.07) is -0.783. The Morgan fingerprint density at radius 1 is 1.25 bits per heavy atom. The van der Waals surface area contributed by atoms with E-state index in [1.54, 1.807) is 4.90 Å². The van der Waals surface area contributed by atoms with Gasteiger partial charge in [0.05, 0.1) is 23.0 Å². The standard InChI is InChI=1S/C13H26N2O4S/c1-12(2)8-15(9-13(3,4)19-12)11(16)10(14)6-7-20(5,17)18/h10H,6-9,14H2,1-5H3. The molecule has 0 radical (unpaired) electrons. The van der Waals surface area contributed by atoms with Crippen LogP contribution in [-0.4, -0.2) is 61.6 Å². The third-order valence-corrected chi connectivity index (χ3v) is 4.10. The van der Waals surface area contributed by atoms with Crippen LogP contribution in [0.2, 0.25) is 0 Å². The Kier molecular flexibility index (Phi) is 4.88. The fourth-order valence-electron chi connectivity index (χ4n) is 2.64. The summed E-state index contributed by atoms with van der Waals surface area (Å²) >= 11 is 0. The number of hydrogen-bond donors (Lipinski definition) is 1. The minimum atomic E-state index is -3.10. The molecule has 0 saturated carbocycles. The molecule has 1 saturated heterocycles. The number of ether oxygens (including phenoxy) is 1. The summed E-state index contributed by atoms with van der Waals surface area (Å²) in [5, 5.41) is 0. The minimum absolute atomic E-state index is 0.0724. The number of hydrogen-bond acceptors (Lipinski definition) is 5. The molecule has 1 unspecified atom stereocenters. The number of carbonyl (C=O) groups is 1. The largest absolute Gasteiger partial charge is 0.366 e. The molecule has 1 atom stereocenters. The predicted molar refractivity (Wildman–Crippen MR) is 78.1 cm³/mol. The van der Waals surface area contributed by atoms with Crippen molar-refractivity contribution in [2.45, 2.75) is 51.4 Å². The van der Waals surface area contributed by atoms with Crippen molar-refractivity contribution in [3.8, 4) is 0 Å². The van der Waals surface area contributed by atoms with E-state index in [1.165, 1.54) is 0 Å². The Bertz CT molecular complexity index is 455. The molecule has 0 bridgehead atoms. The van der Waals surface area contributed by atoms with Crippen LogP contribution in [0.25, 0.3) is 0 Å². The predicted octanol–water partition coefficient (Wildman–Crippen LogP) is 0.164.